The van der Waals surface area contributed by atoms with Crippen molar-refractivity contribution < 1.29 is 4.79 Å². The number of hydrazone groups is 1. The number of thiophene rings is 1. The van der Waals surface area contributed by atoms with Gasteiger partial charge in [-0.1, -0.05) is 24.3 Å². The molecule has 0 unspecified atom stereocenters. The van der Waals surface area contributed by atoms with Gasteiger partial charge in [0, 0.05) is 12.7 Å². The number of para-hydroxylation sites is 1. The Hall–Kier alpha value is -2.05. The van der Waals surface area contributed by atoms with Crippen LogP contribution < -0.4 is 5.32 Å². The Kier molecular flexibility index (Phi) is 4.97. The molecule has 20 heavy (non-hydrogen) atoms. The zero-order valence-electron chi connectivity index (χ0n) is 10.8. The fourth-order valence-electron chi connectivity index (χ4n) is 1.40. The average Bonchev–Trinajstić information content (AvgIpc) is 2.99. The molecule has 1 heterocycles. The van der Waals surface area contributed by atoms with E-state index in [2.05, 4.69) is 10.4 Å². The molecule has 0 bridgehead atoms. The largest absolute Gasteiger partial charge is 0.331 e. The van der Waals surface area contributed by atoms with Gasteiger partial charge in [0.2, 0.25) is 5.78 Å². The number of rotatable bonds is 4. The Morgan fingerprint density at radius 3 is 2.70 bits per heavy atom. The number of carbonyl (C=O) groups is 1. The minimum atomic E-state index is -0.130. The highest BCUT2D eigenvalue weighted by atomic mass is 32.1. The number of anilines is 1. The van der Waals surface area contributed by atoms with Gasteiger partial charge in [-0.25, -0.2) is 5.01 Å². The van der Waals surface area contributed by atoms with Crippen LogP contribution in [0.2, 0.25) is 0 Å². The fourth-order valence-corrected chi connectivity index (χ4v) is 2.19. The van der Waals surface area contributed by atoms with Crippen molar-refractivity contribution in [1.82, 2.24) is 5.01 Å². The van der Waals surface area contributed by atoms with E-state index >= 15 is 0 Å². The number of nitrogens with one attached hydrogen (secondary N) is 1. The minimum Gasteiger partial charge on any atom is -0.331 e. The smallest absolute Gasteiger partial charge is 0.215 e. The predicted molar refractivity (Wildman–Crippen MR) is 87.6 cm³/mol. The summed E-state index contributed by atoms with van der Waals surface area (Å²) in [6, 6.07) is 13.1. The summed E-state index contributed by atoms with van der Waals surface area (Å²) in [7, 11) is 1.69. The monoisotopic (exact) mass is 303 g/mol. The number of hydrogen-bond donors (Lipinski definition) is 1. The van der Waals surface area contributed by atoms with Crippen molar-refractivity contribution in [3.63, 3.8) is 0 Å². The molecule has 0 amide bonds. The van der Waals surface area contributed by atoms with Gasteiger partial charge in [0.1, 0.15) is 0 Å². The molecule has 0 atom stereocenters. The van der Waals surface area contributed by atoms with Crippen molar-refractivity contribution in [2.45, 2.75) is 0 Å². The van der Waals surface area contributed by atoms with E-state index in [4.69, 9.17) is 12.2 Å². The molecule has 0 radical (unpaired) electrons. The van der Waals surface area contributed by atoms with Crippen LogP contribution in [-0.4, -0.2) is 29.2 Å². The van der Waals surface area contributed by atoms with Crippen molar-refractivity contribution in [2.24, 2.45) is 5.10 Å². The Morgan fingerprint density at radius 1 is 1.30 bits per heavy atom. The Bertz CT molecular complexity index is 609. The highest BCUT2D eigenvalue weighted by Crippen LogP contribution is 2.09. The molecule has 0 fully saturated rings. The van der Waals surface area contributed by atoms with Crippen LogP contribution >= 0.6 is 23.6 Å². The first-order valence-corrected chi connectivity index (χ1v) is 7.17. The van der Waals surface area contributed by atoms with E-state index in [1.54, 1.807) is 13.1 Å². The number of hydrogen-bond acceptors (Lipinski definition) is 4. The van der Waals surface area contributed by atoms with Crippen molar-refractivity contribution in [1.29, 1.82) is 0 Å². The maximum absolute atomic E-state index is 11.8. The normalized spacial score (nSPS) is 10.4. The first kappa shape index (κ1) is 14.4. The van der Waals surface area contributed by atoms with Gasteiger partial charge in [-0.05, 0) is 35.8 Å². The molecule has 2 rings (SSSR count). The quantitative estimate of drug-likeness (QED) is 0.407. The Labute approximate surface area is 126 Å². The van der Waals surface area contributed by atoms with E-state index in [0.29, 0.717) is 9.99 Å². The van der Waals surface area contributed by atoms with Crippen molar-refractivity contribution in [3.05, 3.63) is 52.7 Å². The van der Waals surface area contributed by atoms with E-state index in [-0.39, 0.29) is 5.78 Å². The van der Waals surface area contributed by atoms with Crippen molar-refractivity contribution in [3.8, 4) is 0 Å². The molecule has 0 aliphatic heterocycles. The van der Waals surface area contributed by atoms with Crippen LogP contribution in [0, 0.1) is 0 Å². The third-order valence-corrected chi connectivity index (χ3v) is 3.68. The number of ketones is 1. The summed E-state index contributed by atoms with van der Waals surface area (Å²) in [5, 5.41) is 10.8. The van der Waals surface area contributed by atoms with Crippen LogP contribution in [0.4, 0.5) is 5.69 Å². The third-order valence-electron chi connectivity index (χ3n) is 2.43. The number of Topliss-reactive ketones (excluding diaryl/α,β-unsaturated/α-hetero) is 1. The van der Waals surface area contributed by atoms with Gasteiger partial charge in [0.25, 0.3) is 0 Å². The highest BCUT2D eigenvalue weighted by molar-refractivity contribution is 7.80. The zero-order chi connectivity index (χ0) is 14.4. The first-order valence-electron chi connectivity index (χ1n) is 5.88. The third kappa shape index (κ3) is 3.97. The van der Waals surface area contributed by atoms with Crippen LogP contribution in [0.1, 0.15) is 9.67 Å². The van der Waals surface area contributed by atoms with E-state index in [0.717, 1.165) is 5.69 Å². The molecule has 1 aromatic carbocycles. The van der Waals surface area contributed by atoms with Crippen LogP contribution in [0.3, 0.4) is 0 Å². The van der Waals surface area contributed by atoms with E-state index in [1.165, 1.54) is 22.6 Å². The van der Waals surface area contributed by atoms with Crippen LogP contribution in [0.25, 0.3) is 0 Å². The first-order chi connectivity index (χ1) is 9.66. The van der Waals surface area contributed by atoms with Gasteiger partial charge in [0.05, 0.1) is 11.1 Å². The lowest BCUT2D eigenvalue weighted by atomic mass is 10.3. The van der Waals surface area contributed by atoms with Crippen molar-refractivity contribution in [2.75, 3.05) is 12.4 Å². The molecule has 0 spiro atoms. The fraction of sp³-hybridized carbons (Fsp3) is 0.0714. The Balaban J connectivity index is 1.92. The topological polar surface area (TPSA) is 44.7 Å². The molecule has 4 nitrogen and oxygen atoms in total. The van der Waals surface area contributed by atoms with E-state index in [1.807, 2.05) is 41.8 Å². The predicted octanol–water partition coefficient (Wildman–Crippen LogP) is 3.25. The van der Waals surface area contributed by atoms with E-state index in [9.17, 15) is 4.79 Å². The molecule has 102 valence electrons. The molecule has 0 saturated heterocycles. The zero-order valence-corrected chi connectivity index (χ0v) is 12.4. The van der Waals surface area contributed by atoms with Crippen molar-refractivity contribution >= 4 is 46.4 Å². The van der Waals surface area contributed by atoms with Gasteiger partial charge in [-0.15, -0.1) is 11.3 Å². The summed E-state index contributed by atoms with van der Waals surface area (Å²) in [6.45, 7) is 0. The second-order valence-corrected chi connectivity index (χ2v) is 5.24. The van der Waals surface area contributed by atoms with E-state index < -0.39 is 0 Å². The standard InChI is InChI=1S/C14H13N3OS2/c1-17(14(19)16-11-6-3-2-4-7-11)15-10-12(18)13-8-5-9-20-13/h2-10H,1H3,(H,16,19)/b15-10+. The van der Waals surface area contributed by atoms with Gasteiger partial charge >= 0.3 is 0 Å². The Morgan fingerprint density at radius 2 is 2.05 bits per heavy atom. The average molecular weight is 303 g/mol. The maximum Gasteiger partial charge on any atom is 0.215 e. The summed E-state index contributed by atoms with van der Waals surface area (Å²) in [6.07, 6.45) is 1.27. The van der Waals surface area contributed by atoms with Gasteiger partial charge in [-0.2, -0.15) is 5.10 Å². The number of nitrogens with zero attached hydrogens (tertiary/aromatic N) is 2. The molecule has 0 aliphatic rings. The number of thiocarbonyl (C=S) groups is 1. The second kappa shape index (κ2) is 6.93. The molecular weight excluding hydrogens is 290 g/mol. The minimum absolute atomic E-state index is 0.130. The van der Waals surface area contributed by atoms with Crippen LogP contribution in [0.5, 0.6) is 0 Å². The maximum atomic E-state index is 11.8. The second-order valence-electron chi connectivity index (χ2n) is 3.91. The van der Waals surface area contributed by atoms with Gasteiger partial charge < -0.3 is 5.32 Å². The lowest BCUT2D eigenvalue weighted by molar-refractivity contribution is 0.107. The molecule has 0 aliphatic carbocycles. The molecule has 1 aromatic heterocycles. The molecule has 1 N–H and O–H groups in total. The summed E-state index contributed by atoms with van der Waals surface area (Å²) in [4.78, 5) is 12.4. The lowest BCUT2D eigenvalue weighted by Crippen LogP contribution is -2.27. The number of carbonyl (C=O) groups excluding carboxylic acids is 1. The van der Waals surface area contributed by atoms with Crippen LogP contribution in [-0.2, 0) is 0 Å². The molecule has 0 saturated carbocycles. The molecule has 2 aromatic rings. The molecular formula is C14H13N3OS2. The summed E-state index contributed by atoms with van der Waals surface area (Å²) < 4.78 is 0. The highest BCUT2D eigenvalue weighted by Gasteiger charge is 2.05. The lowest BCUT2D eigenvalue weighted by Gasteiger charge is -2.15. The number of benzene rings is 1. The SMILES string of the molecule is CN(/N=C/C(=O)c1cccs1)C(=S)Nc1ccccc1. The van der Waals surface area contributed by atoms with Gasteiger partial charge in [0.15, 0.2) is 5.11 Å². The summed E-state index contributed by atoms with van der Waals surface area (Å²) in [5.74, 6) is -0.130. The summed E-state index contributed by atoms with van der Waals surface area (Å²) in [5.41, 5.74) is 0.879. The molecule has 6 heteroatoms. The summed E-state index contributed by atoms with van der Waals surface area (Å²) >= 11 is 6.59. The van der Waals surface area contributed by atoms with Gasteiger partial charge in [-0.3, -0.25) is 4.79 Å². The van der Waals surface area contributed by atoms with Crippen LogP contribution in [0.15, 0.2) is 52.9 Å².